The molecule has 0 unspecified atom stereocenters. The first-order chi connectivity index (χ1) is 9.48. The van der Waals surface area contributed by atoms with E-state index in [1.807, 2.05) is 0 Å². The van der Waals surface area contributed by atoms with Crippen LogP contribution in [0.5, 0.6) is 0 Å². The van der Waals surface area contributed by atoms with Crippen LogP contribution in [0.2, 0.25) is 0 Å². The Balaban J connectivity index is 2.18. The van der Waals surface area contributed by atoms with E-state index in [2.05, 4.69) is 30.7 Å². The highest BCUT2D eigenvalue weighted by Crippen LogP contribution is 2.08. The van der Waals surface area contributed by atoms with Gasteiger partial charge in [-0.1, -0.05) is 0 Å². The van der Waals surface area contributed by atoms with E-state index >= 15 is 0 Å². The third kappa shape index (κ3) is 3.84. The lowest BCUT2D eigenvalue weighted by molar-refractivity contribution is 0.598. The van der Waals surface area contributed by atoms with E-state index < -0.39 is 10.0 Å². The number of hydrogen-bond donors (Lipinski definition) is 4. The average molecular weight is 299 g/mol. The fourth-order valence-electron chi connectivity index (χ4n) is 1.31. The fraction of sp³-hybridized carbons (Fsp3) is 0.250. The standard InChI is InChI=1S/C8H13N9O2S/c9-16-7-13-6(12-2-4-20(10,18)19)14-8(15-7)17-3-1-11-5-17/h1,3,5H,2,4,9H2,(H2,10,18,19)(H2,12,13,14,15,16). The molecule has 0 aliphatic carbocycles. The summed E-state index contributed by atoms with van der Waals surface area (Å²) in [7, 11) is -3.55. The lowest BCUT2D eigenvalue weighted by Gasteiger charge is -2.08. The van der Waals surface area contributed by atoms with E-state index in [0.29, 0.717) is 0 Å². The number of primary sulfonamides is 1. The van der Waals surface area contributed by atoms with Crippen molar-refractivity contribution in [3.05, 3.63) is 18.7 Å². The van der Waals surface area contributed by atoms with Crippen LogP contribution < -0.4 is 21.7 Å². The van der Waals surface area contributed by atoms with Crippen molar-refractivity contribution in [3.8, 4) is 5.95 Å². The number of hydrogen-bond acceptors (Lipinski definition) is 9. The van der Waals surface area contributed by atoms with Crippen molar-refractivity contribution in [2.24, 2.45) is 11.0 Å². The minimum absolute atomic E-state index is 0.0657. The van der Waals surface area contributed by atoms with E-state index in [1.165, 1.54) is 6.33 Å². The molecule has 2 aromatic heterocycles. The molecule has 0 saturated heterocycles. The number of hydrazine groups is 1. The number of nitrogens with one attached hydrogen (secondary N) is 2. The van der Waals surface area contributed by atoms with Crippen LogP contribution in [0.15, 0.2) is 18.7 Å². The Kier molecular flexibility index (Phi) is 4.07. The van der Waals surface area contributed by atoms with Gasteiger partial charge in [0.25, 0.3) is 0 Å². The molecule has 2 rings (SSSR count). The molecule has 6 N–H and O–H groups in total. The van der Waals surface area contributed by atoms with E-state index in [0.717, 1.165) is 0 Å². The summed E-state index contributed by atoms with van der Waals surface area (Å²) in [5.74, 6) is 5.60. The summed E-state index contributed by atoms with van der Waals surface area (Å²) in [5.41, 5.74) is 2.30. The van der Waals surface area contributed by atoms with Crippen LogP contribution in [0.4, 0.5) is 11.9 Å². The van der Waals surface area contributed by atoms with Crippen LogP contribution >= 0.6 is 0 Å². The Morgan fingerprint density at radius 2 is 2.00 bits per heavy atom. The maximum atomic E-state index is 10.8. The highest BCUT2D eigenvalue weighted by Gasteiger charge is 2.08. The van der Waals surface area contributed by atoms with E-state index in [9.17, 15) is 8.42 Å². The second-order valence-corrected chi connectivity index (χ2v) is 5.42. The van der Waals surface area contributed by atoms with Crippen molar-refractivity contribution in [1.82, 2.24) is 24.5 Å². The summed E-state index contributed by atoms with van der Waals surface area (Å²) in [6, 6.07) is 0. The molecule has 0 spiro atoms. The van der Waals surface area contributed by atoms with E-state index in [1.54, 1.807) is 17.0 Å². The topological polar surface area (TPSA) is 167 Å². The van der Waals surface area contributed by atoms with Crippen LogP contribution in [-0.2, 0) is 10.0 Å². The van der Waals surface area contributed by atoms with E-state index in [4.69, 9.17) is 11.0 Å². The normalized spacial score (nSPS) is 11.3. The van der Waals surface area contributed by atoms with Crippen molar-refractivity contribution in [1.29, 1.82) is 0 Å². The molecule has 0 aliphatic heterocycles. The molecular formula is C8H13N9O2S. The maximum Gasteiger partial charge on any atom is 0.243 e. The monoisotopic (exact) mass is 299 g/mol. The van der Waals surface area contributed by atoms with Crippen LogP contribution in [0.3, 0.4) is 0 Å². The summed E-state index contributed by atoms with van der Waals surface area (Å²) < 4.78 is 23.2. The highest BCUT2D eigenvalue weighted by molar-refractivity contribution is 7.89. The molecule has 12 heteroatoms. The Bertz CT molecular complexity index is 669. The smallest absolute Gasteiger partial charge is 0.243 e. The Morgan fingerprint density at radius 1 is 1.25 bits per heavy atom. The molecule has 108 valence electrons. The number of aromatic nitrogens is 5. The number of anilines is 2. The van der Waals surface area contributed by atoms with Gasteiger partial charge in [0.2, 0.25) is 27.9 Å². The molecule has 20 heavy (non-hydrogen) atoms. The highest BCUT2D eigenvalue weighted by atomic mass is 32.2. The van der Waals surface area contributed by atoms with Crippen molar-refractivity contribution in [3.63, 3.8) is 0 Å². The van der Waals surface area contributed by atoms with Crippen molar-refractivity contribution < 1.29 is 8.42 Å². The van der Waals surface area contributed by atoms with Crippen molar-refractivity contribution in [2.45, 2.75) is 0 Å². The third-order valence-corrected chi connectivity index (χ3v) is 2.93. The van der Waals surface area contributed by atoms with Crippen LogP contribution in [0.25, 0.3) is 5.95 Å². The lowest BCUT2D eigenvalue weighted by Crippen LogP contribution is -2.23. The number of nitrogens with two attached hydrogens (primary N) is 2. The first-order valence-corrected chi connectivity index (χ1v) is 7.15. The van der Waals surface area contributed by atoms with Gasteiger partial charge in [-0.15, -0.1) is 0 Å². The maximum absolute atomic E-state index is 10.8. The number of nitrogen functional groups attached to an aromatic ring is 1. The van der Waals surface area contributed by atoms with Gasteiger partial charge < -0.3 is 5.32 Å². The van der Waals surface area contributed by atoms with Gasteiger partial charge >= 0.3 is 0 Å². The van der Waals surface area contributed by atoms with Crippen LogP contribution in [-0.4, -0.2) is 45.2 Å². The van der Waals surface area contributed by atoms with Gasteiger partial charge in [-0.3, -0.25) is 9.99 Å². The minimum Gasteiger partial charge on any atom is -0.353 e. The second-order valence-electron chi connectivity index (χ2n) is 3.69. The quantitative estimate of drug-likeness (QED) is 0.350. The lowest BCUT2D eigenvalue weighted by atomic mass is 10.7. The van der Waals surface area contributed by atoms with Gasteiger partial charge in [0.1, 0.15) is 6.33 Å². The number of sulfonamides is 1. The van der Waals surface area contributed by atoms with Gasteiger partial charge in [0.15, 0.2) is 0 Å². The number of rotatable bonds is 6. The Hall–Kier alpha value is -2.31. The molecule has 0 aliphatic rings. The first-order valence-electron chi connectivity index (χ1n) is 5.43. The summed E-state index contributed by atoms with van der Waals surface area (Å²) >= 11 is 0. The summed E-state index contributed by atoms with van der Waals surface area (Å²) in [6.07, 6.45) is 4.71. The summed E-state index contributed by atoms with van der Waals surface area (Å²) in [5, 5.41) is 7.62. The molecule has 0 bridgehead atoms. The molecule has 11 nitrogen and oxygen atoms in total. The summed E-state index contributed by atoms with van der Waals surface area (Å²) in [4.78, 5) is 16.0. The molecular weight excluding hydrogens is 286 g/mol. The molecule has 2 aromatic rings. The zero-order valence-corrected chi connectivity index (χ0v) is 11.1. The SMILES string of the molecule is NNc1nc(NCCS(N)(=O)=O)nc(-n2ccnc2)n1. The van der Waals surface area contributed by atoms with E-state index in [-0.39, 0.29) is 30.1 Å². The van der Waals surface area contributed by atoms with Gasteiger partial charge in [-0.05, 0) is 0 Å². The van der Waals surface area contributed by atoms with Gasteiger partial charge in [-0.25, -0.2) is 24.4 Å². The largest absolute Gasteiger partial charge is 0.353 e. The number of imidazole rings is 1. The van der Waals surface area contributed by atoms with Gasteiger partial charge in [0, 0.05) is 18.9 Å². The first kappa shape index (κ1) is 14.1. The van der Waals surface area contributed by atoms with Crippen LogP contribution in [0.1, 0.15) is 0 Å². The molecule has 0 radical (unpaired) electrons. The average Bonchev–Trinajstić information content (AvgIpc) is 2.90. The zero-order chi connectivity index (χ0) is 14.6. The molecule has 0 aromatic carbocycles. The Labute approximate surface area is 114 Å². The van der Waals surface area contributed by atoms with Crippen molar-refractivity contribution in [2.75, 3.05) is 23.0 Å². The zero-order valence-electron chi connectivity index (χ0n) is 10.3. The summed E-state index contributed by atoms with van der Waals surface area (Å²) in [6.45, 7) is 0.0657. The molecule has 0 saturated carbocycles. The second kappa shape index (κ2) is 5.77. The van der Waals surface area contributed by atoms with Gasteiger partial charge in [0.05, 0.1) is 5.75 Å². The fourth-order valence-corrected chi connectivity index (χ4v) is 1.69. The predicted molar refractivity (Wildman–Crippen MR) is 71.2 cm³/mol. The third-order valence-electron chi connectivity index (χ3n) is 2.16. The molecule has 0 amide bonds. The van der Waals surface area contributed by atoms with Gasteiger partial charge in [-0.2, -0.15) is 15.0 Å². The Morgan fingerprint density at radius 3 is 2.60 bits per heavy atom. The van der Waals surface area contributed by atoms with Crippen LogP contribution in [0, 0.1) is 0 Å². The predicted octanol–water partition coefficient (Wildman–Crippen LogP) is -1.96. The van der Waals surface area contributed by atoms with Crippen molar-refractivity contribution >= 4 is 21.9 Å². The number of nitrogens with zero attached hydrogens (tertiary/aromatic N) is 5. The minimum atomic E-state index is -3.55. The molecule has 2 heterocycles. The molecule has 0 fully saturated rings. The molecule has 0 atom stereocenters.